The van der Waals surface area contributed by atoms with Gasteiger partial charge in [-0.25, -0.2) is 8.78 Å². The molecule has 2 aromatic rings. The highest BCUT2D eigenvalue weighted by Crippen LogP contribution is 2.35. The Balaban J connectivity index is 0.957. The number of amides is 2. The minimum Gasteiger partial charge on any atom is -0.369 e. The molecule has 2 heterocycles. The fraction of sp³-hybridized carbons (Fsp3) is 0.571. The van der Waals surface area contributed by atoms with Crippen molar-refractivity contribution in [2.24, 2.45) is 11.8 Å². The van der Waals surface area contributed by atoms with Crippen molar-refractivity contribution in [3.8, 4) is 0 Å². The lowest BCUT2D eigenvalue weighted by Crippen LogP contribution is -2.46. The smallest absolute Gasteiger partial charge is 0.229 e. The number of piperazine rings is 1. The van der Waals surface area contributed by atoms with Crippen LogP contribution in [0.2, 0.25) is 0 Å². The van der Waals surface area contributed by atoms with Crippen molar-refractivity contribution in [2.75, 3.05) is 43.4 Å². The van der Waals surface area contributed by atoms with Crippen LogP contribution >= 0.6 is 11.8 Å². The monoisotopic (exact) mass is 625 g/mol. The molecule has 2 aliphatic heterocycles. The van der Waals surface area contributed by atoms with Crippen LogP contribution in [0.5, 0.6) is 0 Å². The number of anilines is 1. The Labute approximate surface area is 264 Å². The van der Waals surface area contributed by atoms with Crippen LogP contribution in [0.3, 0.4) is 0 Å². The van der Waals surface area contributed by atoms with Gasteiger partial charge in [-0.2, -0.15) is 0 Å². The number of carbonyl (C=O) groups excluding carboxylic acids is 3. The molecule has 0 bridgehead atoms. The minimum absolute atomic E-state index is 0.155. The number of rotatable bonds is 13. The molecular weight excluding hydrogens is 580 g/mol. The summed E-state index contributed by atoms with van der Waals surface area (Å²) in [5, 5.41) is 2.43. The van der Waals surface area contributed by atoms with Crippen molar-refractivity contribution < 1.29 is 23.2 Å². The Kier molecular flexibility index (Phi) is 11.8. The molecule has 2 amide bonds. The molecule has 0 aromatic heterocycles. The quantitative estimate of drug-likeness (QED) is 0.114. The molecule has 2 aromatic carbocycles. The van der Waals surface area contributed by atoms with Crippen LogP contribution in [0.1, 0.15) is 86.6 Å². The van der Waals surface area contributed by atoms with Crippen molar-refractivity contribution in [1.29, 1.82) is 0 Å². The van der Waals surface area contributed by atoms with Crippen LogP contribution in [0.25, 0.3) is 0 Å². The molecule has 0 spiro atoms. The van der Waals surface area contributed by atoms with Crippen LogP contribution < -0.4 is 10.2 Å². The highest BCUT2D eigenvalue weighted by molar-refractivity contribution is 7.99. The number of nitrogens with one attached hydrogen (secondary N) is 1. The number of ketones is 1. The predicted molar refractivity (Wildman–Crippen MR) is 171 cm³/mol. The Morgan fingerprint density at radius 1 is 0.818 bits per heavy atom. The fourth-order valence-corrected chi connectivity index (χ4v) is 7.96. The van der Waals surface area contributed by atoms with Gasteiger partial charge in [0.25, 0.3) is 0 Å². The number of halogens is 2. The Morgan fingerprint density at radius 3 is 2.36 bits per heavy atom. The van der Waals surface area contributed by atoms with Crippen molar-refractivity contribution in [1.82, 2.24) is 10.2 Å². The third-order valence-electron chi connectivity index (χ3n) is 9.44. The number of hydrogen-bond donors (Lipinski definition) is 1. The van der Waals surface area contributed by atoms with Gasteiger partial charge in [0.1, 0.15) is 0 Å². The average Bonchev–Trinajstić information content (AvgIpc) is 3.18. The number of nitrogens with zero attached hydrogens (tertiary/aromatic N) is 2. The van der Waals surface area contributed by atoms with Crippen LogP contribution in [0.4, 0.5) is 14.5 Å². The summed E-state index contributed by atoms with van der Waals surface area (Å²) in [4.78, 5) is 43.1. The molecule has 44 heavy (non-hydrogen) atoms. The van der Waals surface area contributed by atoms with Crippen molar-refractivity contribution >= 4 is 35.0 Å². The maximum Gasteiger partial charge on any atom is 0.229 e. The molecule has 3 aliphatic rings. The third kappa shape index (κ3) is 8.68. The molecule has 6 nitrogen and oxygen atoms in total. The van der Waals surface area contributed by atoms with Gasteiger partial charge in [-0.1, -0.05) is 37.8 Å². The summed E-state index contributed by atoms with van der Waals surface area (Å²) in [5.74, 6) is -1.21. The molecule has 238 valence electrons. The second-order valence-electron chi connectivity index (χ2n) is 12.5. The van der Waals surface area contributed by atoms with Crippen LogP contribution in [0.15, 0.2) is 41.3 Å². The summed E-state index contributed by atoms with van der Waals surface area (Å²) in [7, 11) is 0. The van der Waals surface area contributed by atoms with Gasteiger partial charge in [-0.05, 0) is 81.0 Å². The first kappa shape index (κ1) is 32.6. The number of hydrogen-bond acceptors (Lipinski definition) is 6. The van der Waals surface area contributed by atoms with Gasteiger partial charge in [-0.15, -0.1) is 11.8 Å². The summed E-state index contributed by atoms with van der Waals surface area (Å²) < 4.78 is 26.8. The lowest BCUT2D eigenvalue weighted by atomic mass is 9.83. The van der Waals surface area contributed by atoms with Gasteiger partial charge in [0.2, 0.25) is 11.8 Å². The number of fused-ring (bicyclic) bond motifs is 1. The number of imide groups is 1. The largest absolute Gasteiger partial charge is 0.369 e. The molecule has 5 rings (SSSR count). The Bertz CT molecular complexity index is 1310. The maximum atomic E-state index is 13.6. The molecule has 0 saturated carbocycles. The van der Waals surface area contributed by atoms with Gasteiger partial charge in [0.05, 0.1) is 0 Å². The van der Waals surface area contributed by atoms with E-state index in [2.05, 4.69) is 21.2 Å². The predicted octanol–water partition coefficient (Wildman–Crippen LogP) is 6.80. The van der Waals surface area contributed by atoms with E-state index in [9.17, 15) is 23.2 Å². The van der Waals surface area contributed by atoms with E-state index in [0.717, 1.165) is 75.4 Å². The zero-order chi connectivity index (χ0) is 30.9. The standard InChI is InChI=1S/C35H45F2N3O3S/c36-30-15-14-27(24-31(30)37)40-20-18-39(19-21-40)17-5-3-1-2-4-6-22-44-32-12-8-11-29-28(32)10-7-9-25(34(29)42)23-26-13-16-33(41)38-35(26)43/h8,11-12,14-15,24-26H,1-7,9-10,13,16-23H2,(H,38,41,43). The molecule has 2 unspecified atom stereocenters. The average molecular weight is 626 g/mol. The van der Waals surface area contributed by atoms with E-state index >= 15 is 0 Å². The molecule has 1 N–H and O–H groups in total. The van der Waals surface area contributed by atoms with Crippen molar-refractivity contribution in [3.63, 3.8) is 0 Å². The van der Waals surface area contributed by atoms with E-state index in [1.165, 1.54) is 54.7 Å². The first-order valence-electron chi connectivity index (χ1n) is 16.4. The molecule has 2 atom stereocenters. The van der Waals surface area contributed by atoms with Gasteiger partial charge >= 0.3 is 0 Å². The normalized spacial score (nSPS) is 21.2. The van der Waals surface area contributed by atoms with E-state index < -0.39 is 11.6 Å². The summed E-state index contributed by atoms with van der Waals surface area (Å²) in [6, 6.07) is 10.3. The molecule has 0 radical (unpaired) electrons. The van der Waals surface area contributed by atoms with E-state index in [-0.39, 0.29) is 29.4 Å². The van der Waals surface area contributed by atoms with Crippen molar-refractivity contribution in [3.05, 3.63) is 59.2 Å². The number of piperidine rings is 1. The Morgan fingerprint density at radius 2 is 1.59 bits per heavy atom. The highest BCUT2D eigenvalue weighted by atomic mass is 32.2. The van der Waals surface area contributed by atoms with Gasteiger partial charge < -0.3 is 4.90 Å². The number of unbranched alkanes of at least 4 members (excludes halogenated alkanes) is 5. The first-order chi connectivity index (χ1) is 21.4. The van der Waals surface area contributed by atoms with E-state index in [1.54, 1.807) is 6.07 Å². The van der Waals surface area contributed by atoms with E-state index in [1.807, 2.05) is 23.9 Å². The summed E-state index contributed by atoms with van der Waals surface area (Å²) in [6.07, 6.45) is 11.3. The second kappa shape index (κ2) is 16.0. The van der Waals surface area contributed by atoms with Gasteiger partial charge in [0.15, 0.2) is 17.4 Å². The molecule has 1 aliphatic carbocycles. The maximum absolute atomic E-state index is 13.6. The van der Waals surface area contributed by atoms with Crippen LogP contribution in [-0.4, -0.2) is 61.0 Å². The number of thioether (sulfide) groups is 1. The zero-order valence-electron chi connectivity index (χ0n) is 25.6. The fourth-order valence-electron chi connectivity index (χ4n) is 6.84. The minimum atomic E-state index is -0.798. The SMILES string of the molecule is O=C1CCC(CC2CCCc3c(SCCCCCCCCN4CCN(c5ccc(F)c(F)c5)CC4)cccc3C2=O)C(=O)N1. The first-order valence-corrected chi connectivity index (χ1v) is 17.4. The third-order valence-corrected chi connectivity index (χ3v) is 10.6. The zero-order valence-corrected chi connectivity index (χ0v) is 26.4. The lowest BCUT2D eigenvalue weighted by Gasteiger charge is -2.36. The number of Topliss-reactive ketones (excluding diaryl/α,β-unsaturated/α-hetero) is 1. The summed E-state index contributed by atoms with van der Waals surface area (Å²) in [5.41, 5.74) is 2.77. The van der Waals surface area contributed by atoms with Crippen molar-refractivity contribution in [2.45, 2.75) is 81.9 Å². The Hall–Kier alpha value is -2.78. The topological polar surface area (TPSA) is 69.7 Å². The van der Waals surface area contributed by atoms with Gasteiger partial charge in [0, 0.05) is 66.6 Å². The molecule has 2 fully saturated rings. The number of carbonyl (C=O) groups is 3. The van der Waals surface area contributed by atoms with E-state index in [4.69, 9.17) is 0 Å². The molecule has 2 saturated heterocycles. The summed E-state index contributed by atoms with van der Waals surface area (Å²) >= 11 is 1.87. The molecular formula is C35H45F2N3O3S. The second-order valence-corrected chi connectivity index (χ2v) is 13.7. The lowest BCUT2D eigenvalue weighted by molar-refractivity contribution is -0.136. The molecule has 9 heteroatoms. The van der Waals surface area contributed by atoms with E-state index in [0.29, 0.717) is 19.3 Å². The van der Waals surface area contributed by atoms with Gasteiger partial charge in [-0.3, -0.25) is 24.6 Å². The summed E-state index contributed by atoms with van der Waals surface area (Å²) in [6.45, 7) is 4.67. The van der Waals surface area contributed by atoms with Crippen LogP contribution in [0, 0.1) is 23.5 Å². The number of benzene rings is 2. The van der Waals surface area contributed by atoms with Crippen LogP contribution in [-0.2, 0) is 16.0 Å². The highest BCUT2D eigenvalue weighted by Gasteiger charge is 2.33.